The van der Waals surface area contributed by atoms with Crippen LogP contribution in [-0.2, 0) is 0 Å². The molecule has 5 heteroatoms. The predicted octanol–water partition coefficient (Wildman–Crippen LogP) is 3.64. The predicted molar refractivity (Wildman–Crippen MR) is 73.3 cm³/mol. The third-order valence-corrected chi connectivity index (χ3v) is 3.75. The molecule has 1 amide bonds. The van der Waals surface area contributed by atoms with E-state index in [1.54, 1.807) is 17.5 Å². The summed E-state index contributed by atoms with van der Waals surface area (Å²) in [6, 6.07) is 9.18. The Hall–Kier alpha value is -1.52. The molecule has 2 aromatic rings. The molecule has 1 aromatic heterocycles. The molecule has 0 saturated carbocycles. The van der Waals surface area contributed by atoms with E-state index in [1.165, 1.54) is 11.3 Å². The highest BCUT2D eigenvalue weighted by atomic mass is 35.5. The first-order valence-electron chi connectivity index (χ1n) is 5.38. The van der Waals surface area contributed by atoms with E-state index < -0.39 is 5.91 Å². The molecule has 0 fully saturated rings. The molecule has 0 aliphatic rings. The lowest BCUT2D eigenvalue weighted by molar-refractivity contribution is 0.0998. The summed E-state index contributed by atoms with van der Waals surface area (Å²) >= 11 is 7.36. The highest BCUT2D eigenvalue weighted by molar-refractivity contribution is 7.12. The van der Waals surface area contributed by atoms with Crippen LogP contribution in [0.5, 0.6) is 5.75 Å². The van der Waals surface area contributed by atoms with Gasteiger partial charge in [0, 0.05) is 10.6 Å². The number of hydrogen-bond donors (Lipinski definition) is 1. The molecule has 0 radical (unpaired) electrons. The molecular weight excluding hydrogens is 270 g/mol. The molecule has 0 spiro atoms. The zero-order valence-corrected chi connectivity index (χ0v) is 11.3. The van der Waals surface area contributed by atoms with E-state index in [-0.39, 0.29) is 6.10 Å². The van der Waals surface area contributed by atoms with E-state index in [0.717, 1.165) is 5.56 Å². The fourth-order valence-corrected chi connectivity index (χ4v) is 2.59. The first kappa shape index (κ1) is 12.9. The number of benzene rings is 1. The molecule has 0 saturated heterocycles. The molecule has 1 atom stereocenters. The third kappa shape index (κ3) is 2.66. The molecule has 1 unspecified atom stereocenters. The number of primary amides is 1. The van der Waals surface area contributed by atoms with Crippen LogP contribution in [0.3, 0.4) is 0 Å². The first-order valence-corrected chi connectivity index (χ1v) is 6.63. The molecule has 0 aliphatic heterocycles. The number of nitrogens with two attached hydrogens (primary N) is 1. The number of hydrogen-bond acceptors (Lipinski definition) is 3. The number of rotatable bonds is 4. The van der Waals surface area contributed by atoms with Crippen LogP contribution in [0.1, 0.15) is 28.3 Å². The van der Waals surface area contributed by atoms with Crippen LogP contribution in [-0.4, -0.2) is 5.91 Å². The summed E-state index contributed by atoms with van der Waals surface area (Å²) in [4.78, 5) is 11.6. The minimum atomic E-state index is -0.480. The second kappa shape index (κ2) is 5.42. The quantitative estimate of drug-likeness (QED) is 0.930. The largest absolute Gasteiger partial charge is 0.484 e. The van der Waals surface area contributed by atoms with Crippen LogP contribution in [0.2, 0.25) is 5.02 Å². The maximum Gasteiger partial charge on any atom is 0.262 e. The minimum Gasteiger partial charge on any atom is -0.484 e. The number of carbonyl (C=O) groups is 1. The van der Waals surface area contributed by atoms with Crippen molar-refractivity contribution in [2.24, 2.45) is 5.73 Å². The Balaban J connectivity index is 2.22. The third-order valence-electron chi connectivity index (χ3n) is 2.50. The van der Waals surface area contributed by atoms with E-state index in [1.807, 2.05) is 25.1 Å². The summed E-state index contributed by atoms with van der Waals surface area (Å²) in [5.41, 5.74) is 6.14. The van der Waals surface area contributed by atoms with Gasteiger partial charge in [-0.2, -0.15) is 0 Å². The van der Waals surface area contributed by atoms with E-state index >= 15 is 0 Å². The number of halogens is 1. The Bertz CT molecular complexity index is 568. The molecule has 94 valence electrons. The van der Waals surface area contributed by atoms with Crippen LogP contribution < -0.4 is 10.5 Å². The number of thiophene rings is 1. The molecule has 1 aromatic carbocycles. The minimum absolute atomic E-state index is 0.244. The van der Waals surface area contributed by atoms with Crippen LogP contribution in [0.15, 0.2) is 35.7 Å². The fourth-order valence-electron chi connectivity index (χ4n) is 1.63. The smallest absolute Gasteiger partial charge is 0.262 e. The number of amides is 1. The van der Waals surface area contributed by atoms with Crippen molar-refractivity contribution in [3.8, 4) is 5.75 Å². The number of ether oxygens (including phenoxy) is 1. The lowest BCUT2D eigenvalue weighted by Gasteiger charge is -2.16. The Labute approximate surface area is 114 Å². The van der Waals surface area contributed by atoms with Gasteiger partial charge in [0.25, 0.3) is 5.91 Å². The highest BCUT2D eigenvalue weighted by Gasteiger charge is 2.16. The molecule has 1 heterocycles. The Morgan fingerprint density at radius 1 is 1.39 bits per heavy atom. The van der Waals surface area contributed by atoms with Crippen molar-refractivity contribution in [3.63, 3.8) is 0 Å². The summed E-state index contributed by atoms with van der Waals surface area (Å²) in [6.07, 6.45) is -0.244. The molecule has 2 rings (SSSR count). The van der Waals surface area contributed by atoms with Gasteiger partial charge in [-0.25, -0.2) is 0 Å². The lowest BCUT2D eigenvalue weighted by atomic mass is 10.1. The van der Waals surface area contributed by atoms with Gasteiger partial charge in [0.2, 0.25) is 0 Å². The zero-order chi connectivity index (χ0) is 13.1. The van der Waals surface area contributed by atoms with Crippen LogP contribution in [0.4, 0.5) is 0 Å². The normalized spacial score (nSPS) is 12.1. The average molecular weight is 282 g/mol. The molecule has 0 aliphatic carbocycles. The van der Waals surface area contributed by atoms with Gasteiger partial charge < -0.3 is 10.5 Å². The van der Waals surface area contributed by atoms with Crippen molar-refractivity contribution >= 4 is 28.8 Å². The van der Waals surface area contributed by atoms with Gasteiger partial charge in [-0.05, 0) is 24.4 Å². The Morgan fingerprint density at radius 3 is 2.78 bits per heavy atom. The van der Waals surface area contributed by atoms with E-state index in [2.05, 4.69) is 0 Å². The van der Waals surface area contributed by atoms with Crippen molar-refractivity contribution in [2.75, 3.05) is 0 Å². The van der Waals surface area contributed by atoms with Gasteiger partial charge in [-0.3, -0.25) is 4.79 Å². The first-order chi connectivity index (χ1) is 8.59. The van der Waals surface area contributed by atoms with E-state index in [4.69, 9.17) is 22.1 Å². The fraction of sp³-hybridized carbons (Fsp3) is 0.154. The topological polar surface area (TPSA) is 52.3 Å². The molecule has 2 N–H and O–H groups in total. The van der Waals surface area contributed by atoms with Crippen molar-refractivity contribution in [3.05, 3.63) is 51.2 Å². The Morgan fingerprint density at radius 2 is 2.11 bits per heavy atom. The Kier molecular flexibility index (Phi) is 3.89. The van der Waals surface area contributed by atoms with Crippen LogP contribution >= 0.6 is 22.9 Å². The SMILES string of the molecule is CC(Oc1ccsc1C(N)=O)c1ccccc1Cl. The van der Waals surface area contributed by atoms with Crippen molar-refractivity contribution in [2.45, 2.75) is 13.0 Å². The van der Waals surface area contributed by atoms with Gasteiger partial charge in [0.05, 0.1) is 0 Å². The standard InChI is InChI=1S/C13H12ClNO2S/c1-8(9-4-2-3-5-10(9)14)17-11-6-7-18-12(11)13(15)16/h2-8H,1H3,(H2,15,16). The maximum atomic E-state index is 11.2. The summed E-state index contributed by atoms with van der Waals surface area (Å²) < 4.78 is 5.74. The lowest BCUT2D eigenvalue weighted by Crippen LogP contribution is -2.12. The van der Waals surface area contributed by atoms with Crippen molar-refractivity contribution < 1.29 is 9.53 Å². The second-order valence-corrected chi connectivity index (χ2v) is 5.08. The van der Waals surface area contributed by atoms with Crippen LogP contribution in [0, 0.1) is 0 Å². The highest BCUT2D eigenvalue weighted by Crippen LogP contribution is 2.31. The molecule has 0 bridgehead atoms. The van der Waals surface area contributed by atoms with E-state index in [0.29, 0.717) is 15.6 Å². The summed E-state index contributed by atoms with van der Waals surface area (Å²) in [7, 11) is 0. The zero-order valence-electron chi connectivity index (χ0n) is 9.72. The van der Waals surface area contributed by atoms with Gasteiger partial charge in [-0.1, -0.05) is 29.8 Å². The summed E-state index contributed by atoms with van der Waals surface area (Å²) in [5, 5.41) is 2.41. The molecule has 18 heavy (non-hydrogen) atoms. The van der Waals surface area contributed by atoms with Gasteiger partial charge in [0.1, 0.15) is 16.7 Å². The van der Waals surface area contributed by atoms with E-state index in [9.17, 15) is 4.79 Å². The van der Waals surface area contributed by atoms with Gasteiger partial charge in [-0.15, -0.1) is 11.3 Å². The second-order valence-electron chi connectivity index (χ2n) is 3.76. The number of carbonyl (C=O) groups excluding carboxylic acids is 1. The van der Waals surface area contributed by atoms with Crippen molar-refractivity contribution in [1.82, 2.24) is 0 Å². The monoisotopic (exact) mass is 281 g/mol. The molecular formula is C13H12ClNO2S. The van der Waals surface area contributed by atoms with Crippen molar-refractivity contribution in [1.29, 1.82) is 0 Å². The summed E-state index contributed by atoms with van der Waals surface area (Å²) in [5.74, 6) is 0.0197. The van der Waals surface area contributed by atoms with Gasteiger partial charge in [0.15, 0.2) is 0 Å². The maximum absolute atomic E-state index is 11.2. The van der Waals surface area contributed by atoms with Crippen LogP contribution in [0.25, 0.3) is 0 Å². The summed E-state index contributed by atoms with van der Waals surface area (Å²) in [6.45, 7) is 1.88. The van der Waals surface area contributed by atoms with Gasteiger partial charge >= 0.3 is 0 Å². The average Bonchev–Trinajstić information content (AvgIpc) is 2.77. The molecule has 3 nitrogen and oxygen atoms in total.